The van der Waals surface area contributed by atoms with Crippen LogP contribution in [-0.4, -0.2) is 62.0 Å². The van der Waals surface area contributed by atoms with Gasteiger partial charge in [0.1, 0.15) is 5.37 Å². The van der Waals surface area contributed by atoms with Crippen molar-refractivity contribution in [1.82, 2.24) is 10.2 Å². The Labute approximate surface area is 106 Å². The molecule has 2 aliphatic heterocycles. The van der Waals surface area contributed by atoms with E-state index in [0.29, 0.717) is 24.6 Å². The van der Waals surface area contributed by atoms with E-state index in [1.807, 2.05) is 0 Å². The SMILES string of the molecule is CS(=O)(=O)C1CSCCN1C(=O)CC1CNC1. The first-order valence-electron chi connectivity index (χ1n) is 5.75. The molecule has 17 heavy (non-hydrogen) atoms. The Hall–Kier alpha value is -0.270. The third kappa shape index (κ3) is 3.14. The summed E-state index contributed by atoms with van der Waals surface area (Å²) in [6.07, 6.45) is 1.69. The number of carbonyl (C=O) groups is 1. The van der Waals surface area contributed by atoms with Gasteiger partial charge in [-0.15, -0.1) is 0 Å². The molecule has 1 atom stereocenters. The van der Waals surface area contributed by atoms with Crippen molar-refractivity contribution in [2.75, 3.05) is 37.4 Å². The fourth-order valence-electron chi connectivity index (χ4n) is 2.08. The minimum Gasteiger partial charge on any atom is -0.324 e. The van der Waals surface area contributed by atoms with E-state index < -0.39 is 15.2 Å². The predicted molar refractivity (Wildman–Crippen MR) is 68.6 cm³/mol. The Kier molecular flexibility index (Phi) is 3.99. The summed E-state index contributed by atoms with van der Waals surface area (Å²) in [5, 5.41) is 2.49. The van der Waals surface area contributed by atoms with Crippen LogP contribution in [0.15, 0.2) is 0 Å². The molecule has 0 aliphatic carbocycles. The molecule has 1 amide bonds. The molecule has 0 bridgehead atoms. The molecule has 0 aromatic heterocycles. The molecule has 1 unspecified atom stereocenters. The number of hydrogen-bond donors (Lipinski definition) is 1. The molecule has 1 N–H and O–H groups in total. The Morgan fingerprint density at radius 2 is 2.18 bits per heavy atom. The Bertz CT molecular complexity index is 392. The van der Waals surface area contributed by atoms with Gasteiger partial charge in [0.25, 0.3) is 0 Å². The zero-order valence-electron chi connectivity index (χ0n) is 9.89. The van der Waals surface area contributed by atoms with E-state index in [1.165, 1.54) is 6.26 Å². The molecule has 0 aromatic rings. The topological polar surface area (TPSA) is 66.5 Å². The number of sulfone groups is 1. The fourth-order valence-corrected chi connectivity index (χ4v) is 4.91. The van der Waals surface area contributed by atoms with Crippen molar-refractivity contribution >= 4 is 27.5 Å². The second kappa shape index (κ2) is 5.16. The van der Waals surface area contributed by atoms with Crippen molar-refractivity contribution in [3.05, 3.63) is 0 Å². The van der Waals surface area contributed by atoms with Gasteiger partial charge in [-0.1, -0.05) is 0 Å². The minimum absolute atomic E-state index is 0.00720. The van der Waals surface area contributed by atoms with Gasteiger partial charge in [-0.2, -0.15) is 11.8 Å². The zero-order valence-corrected chi connectivity index (χ0v) is 11.5. The van der Waals surface area contributed by atoms with E-state index in [1.54, 1.807) is 16.7 Å². The summed E-state index contributed by atoms with van der Waals surface area (Å²) in [4.78, 5) is 13.6. The van der Waals surface area contributed by atoms with Crippen LogP contribution in [0.3, 0.4) is 0 Å². The first kappa shape index (κ1) is 13.2. The summed E-state index contributed by atoms with van der Waals surface area (Å²) >= 11 is 1.60. The van der Waals surface area contributed by atoms with Crippen molar-refractivity contribution in [2.45, 2.75) is 11.8 Å². The fraction of sp³-hybridized carbons (Fsp3) is 0.900. The highest BCUT2D eigenvalue weighted by Crippen LogP contribution is 2.22. The molecular weight excluding hydrogens is 260 g/mol. The minimum atomic E-state index is -3.18. The summed E-state index contributed by atoms with van der Waals surface area (Å²) in [6, 6.07) is 0. The highest BCUT2D eigenvalue weighted by atomic mass is 32.2. The van der Waals surface area contributed by atoms with Crippen LogP contribution < -0.4 is 5.32 Å². The average Bonchev–Trinajstić information content (AvgIpc) is 2.22. The lowest BCUT2D eigenvalue weighted by atomic mass is 9.99. The number of hydrogen-bond acceptors (Lipinski definition) is 5. The number of rotatable bonds is 3. The lowest BCUT2D eigenvalue weighted by molar-refractivity contribution is -0.133. The van der Waals surface area contributed by atoms with E-state index in [0.717, 1.165) is 18.8 Å². The quantitative estimate of drug-likeness (QED) is 0.757. The maximum absolute atomic E-state index is 12.1. The third-order valence-corrected chi connectivity index (χ3v) is 5.87. The van der Waals surface area contributed by atoms with E-state index in [4.69, 9.17) is 0 Å². The Balaban J connectivity index is 2.02. The van der Waals surface area contributed by atoms with Crippen LogP contribution in [0.4, 0.5) is 0 Å². The smallest absolute Gasteiger partial charge is 0.224 e. The molecule has 0 saturated carbocycles. The highest BCUT2D eigenvalue weighted by molar-refractivity contribution is 8.00. The van der Waals surface area contributed by atoms with Gasteiger partial charge in [0.2, 0.25) is 5.91 Å². The van der Waals surface area contributed by atoms with E-state index in [2.05, 4.69) is 5.32 Å². The normalized spacial score (nSPS) is 26.6. The van der Waals surface area contributed by atoms with Crippen LogP contribution in [-0.2, 0) is 14.6 Å². The Morgan fingerprint density at radius 1 is 1.47 bits per heavy atom. The maximum atomic E-state index is 12.1. The Morgan fingerprint density at radius 3 is 2.71 bits per heavy atom. The average molecular weight is 278 g/mol. The molecule has 2 rings (SSSR count). The molecule has 2 aliphatic rings. The van der Waals surface area contributed by atoms with Crippen LogP contribution in [0.25, 0.3) is 0 Å². The van der Waals surface area contributed by atoms with E-state index in [9.17, 15) is 13.2 Å². The lowest BCUT2D eigenvalue weighted by Crippen LogP contribution is -2.52. The first-order chi connectivity index (χ1) is 7.98. The van der Waals surface area contributed by atoms with Gasteiger partial charge in [0.05, 0.1) is 0 Å². The van der Waals surface area contributed by atoms with E-state index in [-0.39, 0.29) is 5.91 Å². The van der Waals surface area contributed by atoms with Gasteiger partial charge in [-0.05, 0) is 19.0 Å². The third-order valence-electron chi connectivity index (χ3n) is 3.23. The van der Waals surface area contributed by atoms with Crippen molar-refractivity contribution < 1.29 is 13.2 Å². The molecule has 2 saturated heterocycles. The monoisotopic (exact) mass is 278 g/mol. The van der Waals surface area contributed by atoms with Gasteiger partial charge in [-0.25, -0.2) is 8.42 Å². The van der Waals surface area contributed by atoms with Gasteiger partial charge in [-0.3, -0.25) is 4.79 Å². The number of carbonyl (C=O) groups excluding carboxylic acids is 1. The summed E-state index contributed by atoms with van der Waals surface area (Å²) in [5.41, 5.74) is 0. The van der Waals surface area contributed by atoms with Crippen LogP contribution in [0.1, 0.15) is 6.42 Å². The van der Waals surface area contributed by atoms with Crippen LogP contribution in [0.5, 0.6) is 0 Å². The van der Waals surface area contributed by atoms with Gasteiger partial charge < -0.3 is 10.2 Å². The predicted octanol–water partition coefficient (Wildman–Crippen LogP) is -0.458. The highest BCUT2D eigenvalue weighted by Gasteiger charge is 2.35. The number of amides is 1. The standard InChI is InChI=1S/C10H18N2O3S2/c1-17(14,15)10-7-16-3-2-12(10)9(13)4-8-5-11-6-8/h8,10-11H,2-7H2,1H3. The van der Waals surface area contributed by atoms with Crippen molar-refractivity contribution in [2.24, 2.45) is 5.92 Å². The largest absolute Gasteiger partial charge is 0.324 e. The molecule has 0 spiro atoms. The molecule has 7 heteroatoms. The molecule has 2 heterocycles. The molecule has 0 aromatic carbocycles. The van der Waals surface area contributed by atoms with E-state index >= 15 is 0 Å². The molecule has 5 nitrogen and oxygen atoms in total. The second-order valence-corrected chi connectivity index (χ2v) is 8.03. The summed E-state index contributed by atoms with van der Waals surface area (Å²) in [6.45, 7) is 2.30. The first-order valence-corrected chi connectivity index (χ1v) is 8.86. The molecule has 0 radical (unpaired) electrons. The summed E-state index contributed by atoms with van der Waals surface area (Å²) in [7, 11) is -3.18. The summed E-state index contributed by atoms with van der Waals surface area (Å²) < 4.78 is 23.3. The van der Waals surface area contributed by atoms with Gasteiger partial charge >= 0.3 is 0 Å². The zero-order chi connectivity index (χ0) is 12.5. The number of nitrogens with one attached hydrogen (secondary N) is 1. The maximum Gasteiger partial charge on any atom is 0.224 e. The number of thioether (sulfide) groups is 1. The van der Waals surface area contributed by atoms with Crippen LogP contribution >= 0.6 is 11.8 Å². The summed E-state index contributed by atoms with van der Waals surface area (Å²) in [5.74, 6) is 1.72. The molecule has 2 fully saturated rings. The number of nitrogens with zero attached hydrogens (tertiary/aromatic N) is 1. The van der Waals surface area contributed by atoms with Crippen LogP contribution in [0, 0.1) is 5.92 Å². The van der Waals surface area contributed by atoms with Gasteiger partial charge in [0.15, 0.2) is 9.84 Å². The van der Waals surface area contributed by atoms with Crippen molar-refractivity contribution in [3.8, 4) is 0 Å². The molecule has 98 valence electrons. The van der Waals surface area contributed by atoms with Gasteiger partial charge in [0, 0.05) is 30.7 Å². The molecular formula is C10H18N2O3S2. The second-order valence-electron chi connectivity index (χ2n) is 4.67. The van der Waals surface area contributed by atoms with Crippen molar-refractivity contribution in [3.63, 3.8) is 0 Å². The van der Waals surface area contributed by atoms with Crippen molar-refractivity contribution in [1.29, 1.82) is 0 Å². The lowest BCUT2D eigenvalue weighted by Gasteiger charge is -2.36. The van der Waals surface area contributed by atoms with Crippen LogP contribution in [0.2, 0.25) is 0 Å².